The summed E-state index contributed by atoms with van der Waals surface area (Å²) in [6, 6.07) is 13.8. The number of nitrogens with zero attached hydrogens (tertiary/aromatic N) is 1. The number of hydrogen-bond donors (Lipinski definition) is 2. The van der Waals surface area contributed by atoms with Crippen LogP contribution in [-0.2, 0) is 14.8 Å². The molecule has 2 N–H and O–H groups in total. The molecule has 2 atom stereocenters. The largest absolute Gasteiger partial charge is 0.457 e. The molecule has 186 valence electrons. The highest BCUT2D eigenvalue weighted by molar-refractivity contribution is 7.90. The van der Waals surface area contributed by atoms with Gasteiger partial charge in [0.2, 0.25) is 0 Å². The average molecular weight is 557 g/mol. The van der Waals surface area contributed by atoms with Gasteiger partial charge in [-0.15, -0.1) is 15.7 Å². The summed E-state index contributed by atoms with van der Waals surface area (Å²) in [5.74, 6) is -0.484. The molecule has 3 aromatic rings. The summed E-state index contributed by atoms with van der Waals surface area (Å²) < 4.78 is 51.9. The molecular weight excluding hydrogens is 534 g/mol. The molecule has 1 unspecified atom stereocenters. The van der Waals surface area contributed by atoms with Crippen molar-refractivity contribution >= 4 is 50.6 Å². The van der Waals surface area contributed by atoms with Crippen LogP contribution in [0.15, 0.2) is 59.0 Å². The Kier molecular flexibility index (Phi) is 7.45. The lowest BCUT2D eigenvalue weighted by atomic mass is 9.96. The van der Waals surface area contributed by atoms with Gasteiger partial charge in [-0.05, 0) is 43.5 Å². The summed E-state index contributed by atoms with van der Waals surface area (Å²) in [4.78, 5) is 0. The van der Waals surface area contributed by atoms with Gasteiger partial charge in [-0.3, -0.25) is 0 Å². The van der Waals surface area contributed by atoms with Gasteiger partial charge in [-0.2, -0.15) is 0 Å². The molecule has 2 aromatic carbocycles. The van der Waals surface area contributed by atoms with Crippen molar-refractivity contribution in [2.24, 2.45) is 4.40 Å². The van der Waals surface area contributed by atoms with Gasteiger partial charge < -0.3 is 15.2 Å². The number of thiophene rings is 1. The van der Waals surface area contributed by atoms with Gasteiger partial charge in [0.25, 0.3) is 10.0 Å². The first kappa shape index (κ1) is 25.9. The molecule has 4 rings (SSSR count). The van der Waals surface area contributed by atoms with Gasteiger partial charge in [0, 0.05) is 17.7 Å². The van der Waals surface area contributed by atoms with Gasteiger partial charge in [-0.25, -0.2) is 12.8 Å². The zero-order chi connectivity index (χ0) is 25.4. The first-order chi connectivity index (χ1) is 16.5. The van der Waals surface area contributed by atoms with Crippen molar-refractivity contribution in [2.75, 3.05) is 6.61 Å². The lowest BCUT2D eigenvalue weighted by Gasteiger charge is -2.38. The summed E-state index contributed by atoms with van der Waals surface area (Å²) in [6.07, 6.45) is 0.129. The normalized spacial score (nSPS) is 19.5. The highest BCUT2D eigenvalue weighted by Crippen LogP contribution is 2.42. The molecule has 11 heteroatoms. The summed E-state index contributed by atoms with van der Waals surface area (Å²) in [7, 11) is -4.07. The molecule has 1 aromatic heterocycles. The Morgan fingerprint density at radius 2 is 1.89 bits per heavy atom. The lowest BCUT2D eigenvalue weighted by molar-refractivity contribution is 0.0759. The molecule has 1 aliphatic heterocycles. The van der Waals surface area contributed by atoms with E-state index in [4.69, 9.17) is 27.9 Å². The van der Waals surface area contributed by atoms with Crippen LogP contribution in [0.4, 0.5) is 4.39 Å². The smallest absolute Gasteiger partial charge is 0.301 e. The van der Waals surface area contributed by atoms with E-state index in [0.717, 1.165) is 11.1 Å². The molecule has 6 nitrogen and oxygen atoms in total. The van der Waals surface area contributed by atoms with E-state index in [2.05, 4.69) is 9.71 Å². The second-order valence-corrected chi connectivity index (χ2v) is 12.6. The van der Waals surface area contributed by atoms with Crippen LogP contribution in [0.2, 0.25) is 8.67 Å². The number of sulfonamides is 1. The number of halogens is 3. The minimum Gasteiger partial charge on any atom is -0.457 e. The summed E-state index contributed by atoms with van der Waals surface area (Å²) in [5.41, 5.74) is 1.14. The Labute approximate surface area is 217 Å². The van der Waals surface area contributed by atoms with Crippen LogP contribution in [-0.4, -0.2) is 31.8 Å². The van der Waals surface area contributed by atoms with Crippen molar-refractivity contribution in [1.82, 2.24) is 5.32 Å². The molecule has 0 saturated carbocycles. The standard InChI is InChI=1S/C24H23Cl2FN2O4S2/c1-24(2)21(15-9-7-14(8-10-15)17-13-20(25)34-22(17)26)35(31,32)29-23(33-24)28-19(11-12-30)16-5-3-4-6-18(16)27/h3-10,13,19,21,30H,11-12H2,1-2H3,(H,28,29)/t19-,21?/m0/s1. The summed E-state index contributed by atoms with van der Waals surface area (Å²) in [5, 5.41) is 11.2. The van der Waals surface area contributed by atoms with Crippen LogP contribution in [0.3, 0.4) is 0 Å². The maximum atomic E-state index is 14.4. The summed E-state index contributed by atoms with van der Waals surface area (Å²) in [6.45, 7) is 3.06. The SMILES string of the molecule is CC1(C)OC(N[C@@H](CCO)c2ccccc2F)=NS(=O)(=O)C1c1ccc(-c2cc(Cl)sc2Cl)cc1. The number of amidine groups is 1. The van der Waals surface area contributed by atoms with E-state index in [1.807, 2.05) is 0 Å². The van der Waals surface area contributed by atoms with Crippen molar-refractivity contribution in [3.8, 4) is 11.1 Å². The van der Waals surface area contributed by atoms with Crippen LogP contribution in [0, 0.1) is 5.82 Å². The van der Waals surface area contributed by atoms with E-state index >= 15 is 0 Å². The van der Waals surface area contributed by atoms with Crippen LogP contribution in [0.1, 0.15) is 42.7 Å². The Hall–Kier alpha value is -2.17. The van der Waals surface area contributed by atoms with E-state index in [-0.39, 0.29) is 24.6 Å². The van der Waals surface area contributed by atoms with Gasteiger partial charge in [0.05, 0.1) is 10.4 Å². The van der Waals surface area contributed by atoms with Crippen molar-refractivity contribution in [3.63, 3.8) is 0 Å². The number of hydrogen-bond acceptors (Lipinski definition) is 6. The van der Waals surface area contributed by atoms with E-state index in [9.17, 15) is 17.9 Å². The minimum absolute atomic E-state index is 0.129. The topological polar surface area (TPSA) is 88.0 Å². The zero-order valence-electron chi connectivity index (χ0n) is 18.8. The fourth-order valence-electron chi connectivity index (χ4n) is 4.19. The minimum atomic E-state index is -4.07. The fourth-order valence-corrected chi connectivity index (χ4v) is 7.39. The highest BCUT2D eigenvalue weighted by atomic mass is 35.5. The van der Waals surface area contributed by atoms with Gasteiger partial charge in [-0.1, -0.05) is 65.7 Å². The third-order valence-corrected chi connectivity index (χ3v) is 9.02. The number of rotatable bonds is 6. The van der Waals surface area contributed by atoms with E-state index in [0.29, 0.717) is 14.2 Å². The maximum absolute atomic E-state index is 14.4. The Morgan fingerprint density at radius 3 is 2.46 bits per heavy atom. The molecule has 2 heterocycles. The third kappa shape index (κ3) is 5.49. The molecule has 0 fully saturated rings. The third-order valence-electron chi connectivity index (χ3n) is 5.68. The quantitative estimate of drug-likeness (QED) is 0.382. The number of nitrogens with one attached hydrogen (secondary N) is 1. The maximum Gasteiger partial charge on any atom is 0.301 e. The van der Waals surface area contributed by atoms with Crippen LogP contribution in [0.5, 0.6) is 0 Å². The molecule has 1 aliphatic rings. The highest BCUT2D eigenvalue weighted by Gasteiger charge is 2.47. The predicted molar refractivity (Wildman–Crippen MR) is 138 cm³/mol. The molecule has 0 aliphatic carbocycles. The molecule has 35 heavy (non-hydrogen) atoms. The average Bonchev–Trinajstić information content (AvgIpc) is 3.10. The molecular formula is C24H23Cl2FN2O4S2. The molecule has 0 spiro atoms. The number of aliphatic hydroxyl groups is 1. The number of ether oxygens (including phenoxy) is 1. The van der Waals surface area contributed by atoms with Crippen LogP contribution < -0.4 is 5.32 Å². The predicted octanol–water partition coefficient (Wildman–Crippen LogP) is 6.11. The van der Waals surface area contributed by atoms with E-state index < -0.39 is 32.7 Å². The Balaban J connectivity index is 1.64. The second kappa shape index (κ2) is 10.1. The number of aliphatic hydroxyl groups excluding tert-OH is 1. The molecule has 0 saturated heterocycles. The van der Waals surface area contributed by atoms with Crippen molar-refractivity contribution in [1.29, 1.82) is 0 Å². The van der Waals surface area contributed by atoms with Gasteiger partial charge in [0.15, 0.2) is 0 Å². The number of benzene rings is 2. The molecule has 0 radical (unpaired) electrons. The lowest BCUT2D eigenvalue weighted by Crippen LogP contribution is -2.47. The zero-order valence-corrected chi connectivity index (χ0v) is 22.0. The van der Waals surface area contributed by atoms with Crippen molar-refractivity contribution in [3.05, 3.63) is 80.2 Å². The monoisotopic (exact) mass is 556 g/mol. The van der Waals surface area contributed by atoms with Gasteiger partial charge in [0.1, 0.15) is 21.0 Å². The first-order valence-corrected chi connectivity index (χ1v) is 13.8. The van der Waals surface area contributed by atoms with Crippen molar-refractivity contribution in [2.45, 2.75) is 37.2 Å². The van der Waals surface area contributed by atoms with Crippen LogP contribution in [0.25, 0.3) is 11.1 Å². The Morgan fingerprint density at radius 1 is 1.20 bits per heavy atom. The Bertz CT molecular complexity index is 1360. The summed E-state index contributed by atoms with van der Waals surface area (Å²) >= 11 is 13.5. The molecule has 0 bridgehead atoms. The second-order valence-electron chi connectivity index (χ2n) is 8.59. The fraction of sp³-hybridized carbons (Fsp3) is 0.292. The van der Waals surface area contributed by atoms with E-state index in [1.165, 1.54) is 17.4 Å². The van der Waals surface area contributed by atoms with Gasteiger partial charge >= 0.3 is 6.02 Å². The van der Waals surface area contributed by atoms with Crippen molar-refractivity contribution < 1.29 is 22.7 Å². The first-order valence-electron chi connectivity index (χ1n) is 10.7. The van der Waals surface area contributed by atoms with Crippen LogP contribution >= 0.6 is 34.5 Å². The molecule has 0 amide bonds. The van der Waals surface area contributed by atoms with E-state index in [1.54, 1.807) is 62.4 Å².